The van der Waals surface area contributed by atoms with Gasteiger partial charge in [-0.05, 0) is 18.6 Å². The lowest BCUT2D eigenvalue weighted by atomic mass is 10.2. The molecule has 102 valence electrons. The lowest BCUT2D eigenvalue weighted by Crippen LogP contribution is -2.35. The second kappa shape index (κ2) is 5.20. The fourth-order valence-corrected chi connectivity index (χ4v) is 2.56. The van der Waals surface area contributed by atoms with Crippen LogP contribution in [0.4, 0.5) is 20.2 Å². The highest BCUT2D eigenvalue weighted by Gasteiger charge is 2.37. The molecule has 8 heteroatoms. The molecule has 1 heterocycles. The number of hydrogen-bond acceptors (Lipinski definition) is 3. The van der Waals surface area contributed by atoms with E-state index in [-0.39, 0.29) is 23.0 Å². The minimum absolute atomic E-state index is 0.0971. The van der Waals surface area contributed by atoms with Crippen LogP contribution in [0.25, 0.3) is 0 Å². The Morgan fingerprint density at radius 2 is 2.21 bits per heavy atom. The summed E-state index contributed by atoms with van der Waals surface area (Å²) in [6.45, 7) is -0.822. The van der Waals surface area contributed by atoms with E-state index >= 15 is 0 Å². The maximum atomic E-state index is 13.7. The summed E-state index contributed by atoms with van der Waals surface area (Å²) in [5.41, 5.74) is -1.01. The molecule has 1 saturated heterocycles. The van der Waals surface area contributed by atoms with E-state index in [0.717, 1.165) is 11.0 Å². The second-order valence-electron chi connectivity index (χ2n) is 4.12. The number of halogens is 3. The van der Waals surface area contributed by atoms with E-state index < -0.39 is 35.1 Å². The third-order valence-corrected chi connectivity index (χ3v) is 3.41. The van der Waals surface area contributed by atoms with Gasteiger partial charge < -0.3 is 4.90 Å². The lowest BCUT2D eigenvalue weighted by molar-refractivity contribution is -0.386. The summed E-state index contributed by atoms with van der Waals surface area (Å²) in [7, 11) is 0. The second-order valence-corrected chi connectivity index (χ2v) is 5.04. The zero-order chi connectivity index (χ0) is 14.2. The summed E-state index contributed by atoms with van der Waals surface area (Å²) in [6.07, 6.45) is 0.362. The molecule has 0 bridgehead atoms. The van der Waals surface area contributed by atoms with Gasteiger partial charge in [0.2, 0.25) is 11.7 Å². The van der Waals surface area contributed by atoms with Crippen molar-refractivity contribution in [3.05, 3.63) is 32.5 Å². The Morgan fingerprint density at radius 1 is 1.53 bits per heavy atom. The number of carbonyl (C=O) groups is 1. The smallest absolute Gasteiger partial charge is 0.301 e. The first-order chi connectivity index (χ1) is 8.95. The molecule has 0 unspecified atom stereocenters. The van der Waals surface area contributed by atoms with E-state index in [0.29, 0.717) is 0 Å². The van der Waals surface area contributed by atoms with Crippen LogP contribution < -0.4 is 4.90 Å². The van der Waals surface area contributed by atoms with Gasteiger partial charge in [-0.2, -0.15) is 4.39 Å². The van der Waals surface area contributed by atoms with Gasteiger partial charge in [-0.25, -0.2) is 4.39 Å². The molecule has 5 nitrogen and oxygen atoms in total. The monoisotopic (exact) mass is 334 g/mol. The molecule has 2 rings (SSSR count). The van der Waals surface area contributed by atoms with Crippen molar-refractivity contribution in [2.45, 2.75) is 18.9 Å². The first kappa shape index (κ1) is 13.9. The van der Waals surface area contributed by atoms with E-state index in [1.54, 1.807) is 0 Å². The summed E-state index contributed by atoms with van der Waals surface area (Å²) in [4.78, 5) is 22.7. The van der Waals surface area contributed by atoms with Crippen LogP contribution in [0.3, 0.4) is 0 Å². The first-order valence-corrected chi connectivity index (χ1v) is 6.26. The number of hydrogen-bond donors (Lipinski definition) is 0. The Morgan fingerprint density at radius 3 is 2.79 bits per heavy atom. The molecule has 0 spiro atoms. The molecule has 1 amide bonds. The molecular weight excluding hydrogens is 326 g/mol. The zero-order valence-electron chi connectivity index (χ0n) is 9.61. The number of nitro benzene ring substituents is 1. The van der Waals surface area contributed by atoms with Gasteiger partial charge in [0.05, 0.1) is 11.0 Å². The molecule has 0 N–H and O–H groups in total. The van der Waals surface area contributed by atoms with Crippen molar-refractivity contribution in [1.82, 2.24) is 0 Å². The highest BCUT2D eigenvalue weighted by atomic mass is 79.9. The van der Waals surface area contributed by atoms with Gasteiger partial charge in [-0.15, -0.1) is 0 Å². The van der Waals surface area contributed by atoms with Crippen LogP contribution >= 0.6 is 15.9 Å². The Bertz CT molecular complexity index is 553. The summed E-state index contributed by atoms with van der Waals surface area (Å²) in [5.74, 6) is -1.50. The largest absolute Gasteiger partial charge is 0.328 e. The minimum Gasteiger partial charge on any atom is -0.301 e. The quantitative estimate of drug-likeness (QED) is 0.630. The Balaban J connectivity index is 2.60. The van der Waals surface area contributed by atoms with Crippen LogP contribution in [-0.4, -0.2) is 23.5 Å². The van der Waals surface area contributed by atoms with Gasteiger partial charge in [0.15, 0.2) is 0 Å². The maximum Gasteiger partial charge on any atom is 0.328 e. The van der Waals surface area contributed by atoms with E-state index in [1.807, 2.05) is 0 Å². The maximum absolute atomic E-state index is 13.7. The Kier molecular flexibility index (Phi) is 3.79. The van der Waals surface area contributed by atoms with Crippen LogP contribution in [0.2, 0.25) is 0 Å². The van der Waals surface area contributed by atoms with E-state index in [2.05, 4.69) is 15.9 Å². The zero-order valence-corrected chi connectivity index (χ0v) is 11.2. The van der Waals surface area contributed by atoms with Crippen LogP contribution in [0.1, 0.15) is 12.8 Å². The predicted molar refractivity (Wildman–Crippen MR) is 67.2 cm³/mol. The summed E-state index contributed by atoms with van der Waals surface area (Å²) in [5, 5.41) is 10.9. The molecule has 1 atom stereocenters. The SMILES string of the molecule is O=C1CC[C@@H](CF)N1c1cc(Br)cc(F)c1[N+](=O)[O-]. The van der Waals surface area contributed by atoms with Crippen molar-refractivity contribution in [3.63, 3.8) is 0 Å². The number of amides is 1. The van der Waals surface area contributed by atoms with Crippen molar-refractivity contribution < 1.29 is 18.5 Å². The number of nitrogens with zero attached hydrogens (tertiary/aromatic N) is 2. The number of nitro groups is 1. The van der Waals surface area contributed by atoms with Crippen LogP contribution in [0.5, 0.6) is 0 Å². The van der Waals surface area contributed by atoms with Gasteiger partial charge in [-0.1, -0.05) is 15.9 Å². The average molecular weight is 335 g/mol. The van der Waals surface area contributed by atoms with E-state index in [4.69, 9.17) is 0 Å². The van der Waals surface area contributed by atoms with Crippen molar-refractivity contribution in [1.29, 1.82) is 0 Å². The minimum atomic E-state index is -1.06. The van der Waals surface area contributed by atoms with Crippen LogP contribution in [-0.2, 0) is 4.79 Å². The molecule has 0 aromatic heterocycles. The topological polar surface area (TPSA) is 63.5 Å². The highest BCUT2D eigenvalue weighted by Crippen LogP contribution is 2.38. The van der Waals surface area contributed by atoms with Gasteiger partial charge in [-0.3, -0.25) is 14.9 Å². The fraction of sp³-hybridized carbons (Fsp3) is 0.364. The molecule has 0 aliphatic carbocycles. The molecular formula is C11H9BrF2N2O3. The molecule has 1 aromatic rings. The van der Waals surface area contributed by atoms with E-state index in [9.17, 15) is 23.7 Å². The number of anilines is 1. The van der Waals surface area contributed by atoms with Crippen molar-refractivity contribution in [2.75, 3.05) is 11.6 Å². The summed E-state index contributed by atoms with van der Waals surface area (Å²) >= 11 is 3.01. The molecule has 1 aliphatic rings. The van der Waals surface area contributed by atoms with Gasteiger partial charge in [0, 0.05) is 10.9 Å². The molecule has 1 fully saturated rings. The van der Waals surface area contributed by atoms with Crippen molar-refractivity contribution in [2.24, 2.45) is 0 Å². The number of benzene rings is 1. The molecule has 1 aliphatic heterocycles. The average Bonchev–Trinajstić information content (AvgIpc) is 2.68. The van der Waals surface area contributed by atoms with Crippen LogP contribution in [0.15, 0.2) is 16.6 Å². The fourth-order valence-electron chi connectivity index (χ4n) is 2.14. The summed E-state index contributed by atoms with van der Waals surface area (Å²) < 4.78 is 26.8. The predicted octanol–water partition coefficient (Wildman–Crippen LogP) is 2.96. The highest BCUT2D eigenvalue weighted by molar-refractivity contribution is 9.10. The molecule has 0 radical (unpaired) electrons. The van der Waals surface area contributed by atoms with Gasteiger partial charge >= 0.3 is 5.69 Å². The van der Waals surface area contributed by atoms with Crippen molar-refractivity contribution >= 4 is 33.2 Å². The first-order valence-electron chi connectivity index (χ1n) is 5.47. The Hall–Kier alpha value is -1.57. The van der Waals surface area contributed by atoms with Crippen LogP contribution in [0, 0.1) is 15.9 Å². The lowest BCUT2D eigenvalue weighted by Gasteiger charge is -2.22. The van der Waals surface area contributed by atoms with Gasteiger partial charge in [0.25, 0.3) is 0 Å². The normalized spacial score (nSPS) is 19.0. The van der Waals surface area contributed by atoms with E-state index in [1.165, 1.54) is 6.07 Å². The third-order valence-electron chi connectivity index (χ3n) is 2.95. The Labute approximate surface area is 115 Å². The molecule has 19 heavy (non-hydrogen) atoms. The number of alkyl halides is 1. The number of carbonyl (C=O) groups excluding carboxylic acids is 1. The molecule has 1 aromatic carbocycles. The summed E-state index contributed by atoms with van der Waals surface area (Å²) in [6, 6.07) is 1.42. The third kappa shape index (κ3) is 2.44. The molecule has 0 saturated carbocycles. The number of rotatable bonds is 3. The van der Waals surface area contributed by atoms with Gasteiger partial charge in [0.1, 0.15) is 12.4 Å². The standard InChI is InChI=1S/C11H9BrF2N2O3/c12-6-3-8(14)11(16(18)19)9(4-6)15-7(5-13)1-2-10(15)17/h3-4,7H,1-2,5H2/t7-/m0/s1. The van der Waals surface area contributed by atoms with Crippen molar-refractivity contribution in [3.8, 4) is 0 Å².